The van der Waals surface area contributed by atoms with Gasteiger partial charge in [0.2, 0.25) is 0 Å². The third kappa shape index (κ3) is 4.83. The Hall–Kier alpha value is -2.18. The maximum Gasteiger partial charge on any atom is 0.186 e. The van der Waals surface area contributed by atoms with Gasteiger partial charge < -0.3 is 5.32 Å². The molecule has 0 atom stereocenters. The van der Waals surface area contributed by atoms with Crippen molar-refractivity contribution in [2.24, 2.45) is 0 Å². The van der Waals surface area contributed by atoms with E-state index < -0.39 is 0 Å². The van der Waals surface area contributed by atoms with Gasteiger partial charge in [0.15, 0.2) is 5.12 Å². The second kappa shape index (κ2) is 7.42. The molecule has 0 aromatic heterocycles. The lowest BCUT2D eigenvalue weighted by Gasteiger charge is -2.06. The first-order chi connectivity index (χ1) is 9.74. The molecule has 0 bridgehead atoms. The number of anilines is 2. The van der Waals surface area contributed by atoms with Gasteiger partial charge in [0, 0.05) is 23.9 Å². The van der Waals surface area contributed by atoms with Gasteiger partial charge in [-0.1, -0.05) is 47.9 Å². The minimum Gasteiger partial charge on any atom is -0.355 e. The summed E-state index contributed by atoms with van der Waals surface area (Å²) in [6.45, 7) is 1.55. The molecule has 1 N–H and O–H groups in total. The maximum absolute atomic E-state index is 10.8. The van der Waals surface area contributed by atoms with E-state index in [1.807, 2.05) is 54.6 Å². The fraction of sp³-hybridized carbons (Fsp3) is 0.118. The molecule has 2 aromatic rings. The summed E-state index contributed by atoms with van der Waals surface area (Å²) in [5.41, 5.74) is 2.99. The number of hydrogen-bond acceptors (Lipinski definition) is 3. The summed E-state index contributed by atoms with van der Waals surface area (Å²) < 4.78 is 0. The van der Waals surface area contributed by atoms with E-state index >= 15 is 0 Å². The number of hydrogen-bond donors (Lipinski definition) is 1. The molecule has 0 aliphatic rings. The van der Waals surface area contributed by atoms with E-state index in [9.17, 15) is 4.79 Å². The van der Waals surface area contributed by atoms with Gasteiger partial charge in [-0.15, -0.1) is 0 Å². The number of nitrogens with one attached hydrogen (secondary N) is 1. The van der Waals surface area contributed by atoms with Gasteiger partial charge in [0.1, 0.15) is 0 Å². The minimum absolute atomic E-state index is 0.0961. The van der Waals surface area contributed by atoms with Crippen molar-refractivity contribution in [1.29, 1.82) is 0 Å². The molecule has 0 radical (unpaired) electrons. The van der Waals surface area contributed by atoms with Gasteiger partial charge in [0.25, 0.3) is 0 Å². The Morgan fingerprint density at radius 1 is 1.10 bits per heavy atom. The zero-order valence-corrected chi connectivity index (χ0v) is 12.0. The van der Waals surface area contributed by atoms with Crippen LogP contribution in [0.3, 0.4) is 0 Å². The molecule has 100 valence electrons. The first-order valence-corrected chi connectivity index (χ1v) is 7.27. The van der Waals surface area contributed by atoms with Crippen LogP contribution < -0.4 is 5.32 Å². The second-order valence-electron chi connectivity index (χ2n) is 4.15. The van der Waals surface area contributed by atoms with Crippen molar-refractivity contribution in [1.82, 2.24) is 0 Å². The van der Waals surface area contributed by atoms with Gasteiger partial charge in [-0.2, -0.15) is 0 Å². The molecule has 0 saturated heterocycles. The predicted molar refractivity (Wildman–Crippen MR) is 86.2 cm³/mol. The van der Waals surface area contributed by atoms with Crippen molar-refractivity contribution in [3.8, 4) is 11.8 Å². The van der Waals surface area contributed by atoms with Gasteiger partial charge in [-0.05, 0) is 30.3 Å². The number of thioether (sulfide) groups is 1. The van der Waals surface area contributed by atoms with Crippen LogP contribution in [0.4, 0.5) is 11.4 Å². The number of carbonyl (C=O) groups is 1. The lowest BCUT2D eigenvalue weighted by molar-refractivity contribution is -0.109. The SMILES string of the molecule is CC(=O)SCC#Cc1cccc(Nc2ccccc2)c1. The summed E-state index contributed by atoms with van der Waals surface area (Å²) in [5, 5.41) is 3.42. The average molecular weight is 281 g/mol. The van der Waals surface area contributed by atoms with E-state index in [0.717, 1.165) is 16.9 Å². The van der Waals surface area contributed by atoms with Crippen molar-refractivity contribution in [3.63, 3.8) is 0 Å². The molecule has 0 saturated carbocycles. The highest BCUT2D eigenvalue weighted by molar-refractivity contribution is 8.13. The Balaban J connectivity index is 2.02. The Morgan fingerprint density at radius 3 is 2.60 bits per heavy atom. The van der Waals surface area contributed by atoms with Crippen molar-refractivity contribution < 1.29 is 4.79 Å². The Morgan fingerprint density at radius 2 is 1.85 bits per heavy atom. The van der Waals surface area contributed by atoms with Crippen LogP contribution in [-0.4, -0.2) is 10.9 Å². The lowest BCUT2D eigenvalue weighted by Crippen LogP contribution is -1.90. The van der Waals surface area contributed by atoms with Crippen LogP contribution in [0, 0.1) is 11.8 Å². The quantitative estimate of drug-likeness (QED) is 0.860. The fourth-order valence-corrected chi connectivity index (χ4v) is 1.99. The molecule has 20 heavy (non-hydrogen) atoms. The molecule has 3 heteroatoms. The van der Waals surface area contributed by atoms with E-state index in [1.165, 1.54) is 11.8 Å². The maximum atomic E-state index is 10.8. The third-order valence-electron chi connectivity index (χ3n) is 2.51. The molecule has 0 heterocycles. The molecule has 2 rings (SSSR count). The Bertz CT molecular complexity index is 641. The van der Waals surface area contributed by atoms with Gasteiger partial charge in [0.05, 0.1) is 5.75 Å². The highest BCUT2D eigenvalue weighted by Crippen LogP contribution is 2.16. The monoisotopic (exact) mass is 281 g/mol. The summed E-state index contributed by atoms with van der Waals surface area (Å²) in [6, 6.07) is 17.9. The Labute approximate surface area is 123 Å². The lowest BCUT2D eigenvalue weighted by atomic mass is 10.2. The summed E-state index contributed by atoms with van der Waals surface area (Å²) in [6.07, 6.45) is 0. The van der Waals surface area contributed by atoms with Crippen LogP contribution in [0.2, 0.25) is 0 Å². The molecule has 2 aromatic carbocycles. The zero-order valence-electron chi connectivity index (χ0n) is 11.2. The van der Waals surface area contributed by atoms with Crippen LogP contribution in [0.5, 0.6) is 0 Å². The Kier molecular flexibility index (Phi) is 5.28. The normalized spacial score (nSPS) is 9.45. The summed E-state index contributed by atoms with van der Waals surface area (Å²) in [7, 11) is 0. The van der Waals surface area contributed by atoms with Crippen LogP contribution in [-0.2, 0) is 4.79 Å². The van der Waals surface area contributed by atoms with E-state index in [0.29, 0.717) is 5.75 Å². The van der Waals surface area contributed by atoms with Crippen LogP contribution in [0.25, 0.3) is 0 Å². The van der Waals surface area contributed by atoms with Crippen LogP contribution in [0.15, 0.2) is 54.6 Å². The molecule has 0 unspecified atom stereocenters. The first-order valence-electron chi connectivity index (χ1n) is 6.28. The molecule has 0 amide bonds. The standard InChI is InChI=1S/C17H15NOS/c1-14(19)20-12-6-8-15-7-5-11-17(13-15)18-16-9-3-2-4-10-16/h2-5,7,9-11,13,18H,12H2,1H3. The zero-order chi connectivity index (χ0) is 14.2. The summed E-state index contributed by atoms with van der Waals surface area (Å²) >= 11 is 1.23. The molecule has 0 spiro atoms. The molecular weight excluding hydrogens is 266 g/mol. The van der Waals surface area contributed by atoms with E-state index in [2.05, 4.69) is 17.2 Å². The van der Waals surface area contributed by atoms with E-state index in [4.69, 9.17) is 0 Å². The largest absolute Gasteiger partial charge is 0.355 e. The molecule has 2 nitrogen and oxygen atoms in total. The van der Waals surface area contributed by atoms with Crippen molar-refractivity contribution in [3.05, 3.63) is 60.2 Å². The molecular formula is C17H15NOS. The molecule has 0 fully saturated rings. The van der Waals surface area contributed by atoms with Crippen LogP contribution >= 0.6 is 11.8 Å². The number of para-hydroxylation sites is 1. The van der Waals surface area contributed by atoms with Gasteiger partial charge in [-0.3, -0.25) is 4.79 Å². The van der Waals surface area contributed by atoms with Crippen molar-refractivity contribution >= 4 is 28.3 Å². The predicted octanol–water partition coefficient (Wildman–Crippen LogP) is 4.06. The highest BCUT2D eigenvalue weighted by Gasteiger charge is 1.95. The molecule has 0 aliphatic carbocycles. The first kappa shape index (κ1) is 14.2. The van der Waals surface area contributed by atoms with Gasteiger partial charge >= 0.3 is 0 Å². The minimum atomic E-state index is 0.0961. The third-order valence-corrected chi connectivity index (χ3v) is 3.20. The van der Waals surface area contributed by atoms with E-state index in [1.54, 1.807) is 6.92 Å². The number of benzene rings is 2. The summed E-state index contributed by atoms with van der Waals surface area (Å²) in [5.74, 6) is 6.58. The average Bonchev–Trinajstić information content (AvgIpc) is 2.45. The number of carbonyl (C=O) groups excluding carboxylic acids is 1. The topological polar surface area (TPSA) is 29.1 Å². The second-order valence-corrected chi connectivity index (χ2v) is 5.31. The summed E-state index contributed by atoms with van der Waals surface area (Å²) in [4.78, 5) is 10.8. The highest BCUT2D eigenvalue weighted by atomic mass is 32.2. The van der Waals surface area contributed by atoms with Gasteiger partial charge in [-0.25, -0.2) is 0 Å². The van der Waals surface area contributed by atoms with Crippen molar-refractivity contribution in [2.45, 2.75) is 6.92 Å². The fourth-order valence-electron chi connectivity index (χ4n) is 1.64. The smallest absolute Gasteiger partial charge is 0.186 e. The van der Waals surface area contributed by atoms with Crippen molar-refractivity contribution in [2.75, 3.05) is 11.1 Å². The number of rotatable bonds is 3. The molecule has 0 aliphatic heterocycles. The van der Waals surface area contributed by atoms with Crippen LogP contribution in [0.1, 0.15) is 12.5 Å². The van der Waals surface area contributed by atoms with E-state index in [-0.39, 0.29) is 5.12 Å².